The molecule has 57 heavy (non-hydrogen) atoms. The molecule has 0 atom stereocenters. The second kappa shape index (κ2) is 29.1. The van der Waals surface area contributed by atoms with Crippen LogP contribution in [0.5, 0.6) is 0 Å². The number of amides is 2. The molecule has 18 heteroatoms. The van der Waals surface area contributed by atoms with Crippen LogP contribution in [0.1, 0.15) is 75.7 Å². The zero-order valence-corrected chi connectivity index (χ0v) is 38.5. The summed E-state index contributed by atoms with van der Waals surface area (Å²) in [6, 6.07) is 18.4. The first-order valence-electron chi connectivity index (χ1n) is 17.0. The van der Waals surface area contributed by atoms with Crippen molar-refractivity contribution in [2.24, 2.45) is 0 Å². The van der Waals surface area contributed by atoms with Gasteiger partial charge in [-0.05, 0) is 77.9 Å². The van der Waals surface area contributed by atoms with Gasteiger partial charge in [0.15, 0.2) is 0 Å². The molecule has 0 spiro atoms. The molecule has 306 valence electrons. The van der Waals surface area contributed by atoms with Crippen molar-refractivity contribution < 1.29 is 124 Å². The summed E-state index contributed by atoms with van der Waals surface area (Å²) in [6.07, 6.45) is 0.458. The molecule has 2 aliphatic rings. The Hall–Kier alpha value is -3.19. The molecule has 15 nitrogen and oxygen atoms in total. The molecule has 0 bridgehead atoms. The van der Waals surface area contributed by atoms with Gasteiger partial charge in [0.05, 0.1) is 38.5 Å². The van der Waals surface area contributed by atoms with Gasteiger partial charge in [-0.15, -0.1) is 0 Å². The van der Waals surface area contributed by atoms with E-state index in [0.717, 1.165) is 16.7 Å². The van der Waals surface area contributed by atoms with E-state index >= 15 is 0 Å². The number of hydrogen-bond donors (Lipinski definition) is 2. The van der Waals surface area contributed by atoms with Crippen LogP contribution < -0.4 is 69.8 Å². The predicted octanol–water partition coefficient (Wildman–Crippen LogP) is -2.07. The van der Waals surface area contributed by atoms with E-state index in [1.54, 1.807) is 29.2 Å². The summed E-state index contributed by atoms with van der Waals surface area (Å²) in [6.45, 7) is 14.2. The van der Waals surface area contributed by atoms with Gasteiger partial charge in [0, 0.05) is 13.1 Å². The second-order valence-electron chi connectivity index (χ2n) is 13.8. The Morgan fingerprint density at radius 3 is 1.49 bits per heavy atom. The number of esters is 2. The first-order chi connectivity index (χ1) is 25.3. The standard InChI is InChI=1S/C18H23NO4.C13H21NO4.C6H7BO2.CH2O3.CH4.2Na.H/c1-18(2,3)23-17(21)19-11-10-14(13-8-6-5-7-9-13)15(12-19)16(20)22-4;1-9-6-7-14(8-10(9)11(15)17-5)12(16)18-13(2,3)4;8-7(9)6-4-2-1-3-5-6;2-1-4-3;;;;/h5-9H,10-12H2,1-4H3;6-8H2,1-5H3;1-5,8-9H;1,3H;1H4;;;/q;;;;;2*+1;-1/p-1. The number of carbonyl (C=O) groups is 5. The minimum Gasteiger partial charge on any atom is -1.00 e. The number of methoxy groups -OCH3 is 2. The van der Waals surface area contributed by atoms with Crippen LogP contribution in [0.15, 0.2) is 77.4 Å². The van der Waals surface area contributed by atoms with Gasteiger partial charge in [0.1, 0.15) is 11.2 Å². The van der Waals surface area contributed by atoms with Gasteiger partial charge in [-0.3, -0.25) is 4.79 Å². The fraction of sp³-hybridized carbons (Fsp3) is 0.462. The summed E-state index contributed by atoms with van der Waals surface area (Å²) in [4.78, 5) is 62.2. The smallest absolute Gasteiger partial charge is 1.00 e. The average molecular weight is 819 g/mol. The molecule has 2 aliphatic heterocycles. The fourth-order valence-corrected chi connectivity index (χ4v) is 4.84. The largest absolute Gasteiger partial charge is 1.00 e. The van der Waals surface area contributed by atoms with E-state index in [2.05, 4.69) is 4.89 Å². The molecule has 0 aromatic heterocycles. The van der Waals surface area contributed by atoms with Gasteiger partial charge in [-0.25, -0.2) is 19.2 Å². The topological polar surface area (TPSA) is 202 Å². The van der Waals surface area contributed by atoms with Crippen LogP contribution >= 0.6 is 0 Å². The zero-order valence-electron chi connectivity index (χ0n) is 35.5. The van der Waals surface area contributed by atoms with Crippen molar-refractivity contribution in [3.8, 4) is 0 Å². The van der Waals surface area contributed by atoms with E-state index < -0.39 is 36.5 Å². The molecule has 0 aliphatic carbocycles. The molecule has 0 radical (unpaired) electrons. The Labute approximate surface area is 382 Å². The van der Waals surface area contributed by atoms with Crippen LogP contribution in [0.2, 0.25) is 0 Å². The van der Waals surface area contributed by atoms with Crippen LogP contribution in [0.25, 0.3) is 5.57 Å². The molecular weight excluding hydrogens is 761 g/mol. The summed E-state index contributed by atoms with van der Waals surface area (Å²) >= 11 is 0. The molecule has 0 saturated heterocycles. The molecule has 2 amide bonds. The first-order valence-corrected chi connectivity index (χ1v) is 17.0. The molecule has 2 N–H and O–H groups in total. The van der Waals surface area contributed by atoms with Gasteiger partial charge in [0.25, 0.3) is 6.47 Å². The molecule has 0 saturated carbocycles. The quantitative estimate of drug-likeness (QED) is 0.0834. The van der Waals surface area contributed by atoms with E-state index in [1.165, 1.54) is 19.1 Å². The van der Waals surface area contributed by atoms with Gasteiger partial charge >= 0.3 is 90.4 Å². The SMILES string of the molecule is C.COC(=O)C1=C(C)CCN(C(=O)OC(C)(C)C)C1.COC(=O)C1=C(c2ccccc2)CCN(C(=O)OC(C)(C)C)C1.O=CO[O-].OB(O)c1ccccc1.[H-].[Na+].[Na+]. The predicted molar refractivity (Wildman–Crippen MR) is 206 cm³/mol. The molecule has 2 aromatic rings. The van der Waals surface area contributed by atoms with Crippen molar-refractivity contribution in [3.05, 3.63) is 82.9 Å². The van der Waals surface area contributed by atoms with Crippen LogP contribution in [0.4, 0.5) is 9.59 Å². The summed E-state index contributed by atoms with van der Waals surface area (Å²) in [5.74, 6) is -0.780. The van der Waals surface area contributed by atoms with Crippen molar-refractivity contribution in [2.75, 3.05) is 40.4 Å². The molecule has 0 unspecified atom stereocenters. The van der Waals surface area contributed by atoms with Gasteiger partial charge in [-0.1, -0.05) is 73.7 Å². The molecule has 0 fully saturated rings. The Kier molecular flexibility index (Phi) is 29.7. The minimum absolute atomic E-state index is 0. The maximum Gasteiger partial charge on any atom is 1.00 e. The van der Waals surface area contributed by atoms with E-state index in [-0.39, 0.29) is 93.5 Å². The van der Waals surface area contributed by atoms with E-state index in [9.17, 15) is 19.2 Å². The maximum absolute atomic E-state index is 12.2. The van der Waals surface area contributed by atoms with Crippen molar-refractivity contribution in [1.82, 2.24) is 9.80 Å². The Bertz CT molecular complexity index is 1600. The van der Waals surface area contributed by atoms with E-state index in [4.69, 9.17) is 39.0 Å². The summed E-state index contributed by atoms with van der Waals surface area (Å²) < 4.78 is 20.3. The average Bonchev–Trinajstić information content (AvgIpc) is 3.14. The summed E-state index contributed by atoms with van der Waals surface area (Å²) in [5, 5.41) is 25.6. The van der Waals surface area contributed by atoms with Crippen LogP contribution in [0.3, 0.4) is 0 Å². The number of carbonyl (C=O) groups excluding carboxylic acids is 5. The van der Waals surface area contributed by atoms with Crippen molar-refractivity contribution in [2.45, 2.75) is 79.9 Å². The fourth-order valence-electron chi connectivity index (χ4n) is 4.84. The normalized spacial score (nSPS) is 13.3. The van der Waals surface area contributed by atoms with Crippen molar-refractivity contribution >= 4 is 48.8 Å². The summed E-state index contributed by atoms with van der Waals surface area (Å²) in [5.41, 5.74) is 3.38. The first kappa shape index (κ1) is 58.1. The number of ether oxygens (including phenoxy) is 4. The monoisotopic (exact) mass is 818 g/mol. The second-order valence-corrected chi connectivity index (χ2v) is 13.8. The van der Waals surface area contributed by atoms with Crippen LogP contribution in [0, 0.1) is 0 Å². The van der Waals surface area contributed by atoms with E-state index in [1.807, 2.05) is 84.9 Å². The van der Waals surface area contributed by atoms with E-state index in [0.29, 0.717) is 42.5 Å². The third-order valence-corrected chi connectivity index (χ3v) is 7.39. The molecular formula is C39H57BN2Na2O13. The van der Waals surface area contributed by atoms with Gasteiger partial charge in [-0.2, -0.15) is 0 Å². The molecule has 2 aromatic carbocycles. The van der Waals surface area contributed by atoms with Crippen LogP contribution in [-0.2, 0) is 38.2 Å². The third kappa shape index (κ3) is 22.5. The Morgan fingerprint density at radius 2 is 1.12 bits per heavy atom. The zero-order chi connectivity index (χ0) is 41.1. The Balaban J connectivity index is -0.000000371. The third-order valence-electron chi connectivity index (χ3n) is 7.39. The van der Waals surface area contributed by atoms with Gasteiger partial charge < -0.3 is 50.4 Å². The Morgan fingerprint density at radius 1 is 0.737 bits per heavy atom. The number of nitrogens with zero attached hydrogens (tertiary/aromatic N) is 2. The number of benzene rings is 2. The molecule has 2 heterocycles. The van der Waals surface area contributed by atoms with Crippen molar-refractivity contribution in [1.29, 1.82) is 0 Å². The number of rotatable bonds is 5. The maximum atomic E-state index is 12.2. The number of hydrogen-bond acceptors (Lipinski definition) is 13. The van der Waals surface area contributed by atoms with Crippen LogP contribution in [-0.4, -0.2) is 109 Å². The van der Waals surface area contributed by atoms with Gasteiger partial charge in [0.2, 0.25) is 0 Å². The van der Waals surface area contributed by atoms with Crippen molar-refractivity contribution in [3.63, 3.8) is 0 Å². The summed E-state index contributed by atoms with van der Waals surface area (Å²) in [7, 11) is 1.35. The molecule has 4 rings (SSSR count). The minimum atomic E-state index is -1.34.